The Kier molecular flexibility index (Phi) is 6.43. The van der Waals surface area contributed by atoms with E-state index in [2.05, 4.69) is 26.1 Å². The number of likely N-dealkylation sites (N-methyl/N-ethyl adjacent to an activating group) is 1. The van der Waals surface area contributed by atoms with Crippen LogP contribution in [-0.2, 0) is 6.42 Å². The number of aryl methyl sites for hydroxylation is 1. The van der Waals surface area contributed by atoms with Gasteiger partial charge < -0.3 is 5.32 Å². The molecule has 1 aromatic carbocycles. The molecule has 0 fully saturated rings. The van der Waals surface area contributed by atoms with Crippen molar-refractivity contribution in [2.75, 3.05) is 6.54 Å². The summed E-state index contributed by atoms with van der Waals surface area (Å²) in [5.74, 6) is 0.605. The van der Waals surface area contributed by atoms with Crippen LogP contribution in [0.1, 0.15) is 38.3 Å². The summed E-state index contributed by atoms with van der Waals surface area (Å²) >= 11 is 6.00. The van der Waals surface area contributed by atoms with Crippen molar-refractivity contribution in [3.63, 3.8) is 0 Å². The molecule has 0 aliphatic carbocycles. The fraction of sp³-hybridized carbons (Fsp3) is 0.600. The van der Waals surface area contributed by atoms with E-state index in [9.17, 15) is 10.1 Å². The van der Waals surface area contributed by atoms with E-state index in [1.807, 2.05) is 6.92 Å². The molecule has 0 spiro atoms. The van der Waals surface area contributed by atoms with Crippen LogP contribution < -0.4 is 5.32 Å². The zero-order chi connectivity index (χ0) is 15.3. The number of hydrogen-bond acceptors (Lipinski definition) is 3. The molecular weight excluding hydrogens is 276 g/mol. The maximum Gasteiger partial charge on any atom is 0.288 e. The summed E-state index contributed by atoms with van der Waals surface area (Å²) in [5.41, 5.74) is 1.98. The van der Waals surface area contributed by atoms with E-state index < -0.39 is 4.92 Å². The first-order chi connectivity index (χ1) is 9.35. The summed E-state index contributed by atoms with van der Waals surface area (Å²) in [6.45, 7) is 9.29. The maximum absolute atomic E-state index is 10.9. The molecule has 1 rings (SSSR count). The van der Waals surface area contributed by atoms with Gasteiger partial charge in [0.15, 0.2) is 0 Å². The van der Waals surface area contributed by atoms with Gasteiger partial charge in [-0.2, -0.15) is 0 Å². The van der Waals surface area contributed by atoms with Crippen molar-refractivity contribution >= 4 is 17.3 Å². The Hall–Kier alpha value is -1.13. The van der Waals surface area contributed by atoms with E-state index in [4.69, 9.17) is 11.6 Å². The van der Waals surface area contributed by atoms with Crippen LogP contribution in [0.4, 0.5) is 5.69 Å². The largest absolute Gasteiger partial charge is 0.314 e. The van der Waals surface area contributed by atoms with E-state index in [0.717, 1.165) is 30.5 Å². The van der Waals surface area contributed by atoms with Crippen molar-refractivity contribution in [1.29, 1.82) is 0 Å². The van der Waals surface area contributed by atoms with Crippen LogP contribution in [0, 0.1) is 23.0 Å². The first kappa shape index (κ1) is 16.9. The van der Waals surface area contributed by atoms with Gasteiger partial charge in [-0.15, -0.1) is 0 Å². The maximum atomic E-state index is 10.9. The fourth-order valence-corrected chi connectivity index (χ4v) is 2.68. The molecule has 0 aromatic heterocycles. The Morgan fingerprint density at radius 3 is 2.55 bits per heavy atom. The van der Waals surface area contributed by atoms with Crippen LogP contribution in [0.3, 0.4) is 0 Å². The molecule has 20 heavy (non-hydrogen) atoms. The Labute approximate surface area is 125 Å². The Morgan fingerprint density at radius 1 is 1.40 bits per heavy atom. The summed E-state index contributed by atoms with van der Waals surface area (Å²) in [6.07, 6.45) is 1.91. The second kappa shape index (κ2) is 7.60. The summed E-state index contributed by atoms with van der Waals surface area (Å²) in [4.78, 5) is 10.4. The van der Waals surface area contributed by atoms with E-state index >= 15 is 0 Å². The van der Waals surface area contributed by atoms with Crippen LogP contribution in [0.5, 0.6) is 0 Å². The molecule has 0 aliphatic rings. The third-order valence-corrected chi connectivity index (χ3v) is 3.62. The SMILES string of the molecule is CCNC(Cc1cc(Cl)c([N+](=O)[O-])cc1C)CC(C)C. The number of nitro groups is 1. The number of halogens is 1. The van der Waals surface area contributed by atoms with E-state index in [1.54, 1.807) is 12.1 Å². The first-order valence-corrected chi connectivity index (χ1v) is 7.39. The van der Waals surface area contributed by atoms with Crippen LogP contribution in [0.25, 0.3) is 0 Å². The number of nitrogens with one attached hydrogen (secondary N) is 1. The zero-order valence-electron chi connectivity index (χ0n) is 12.6. The topological polar surface area (TPSA) is 55.2 Å². The summed E-state index contributed by atoms with van der Waals surface area (Å²) < 4.78 is 0. The average molecular weight is 299 g/mol. The summed E-state index contributed by atoms with van der Waals surface area (Å²) in [5, 5.41) is 14.6. The smallest absolute Gasteiger partial charge is 0.288 e. The molecule has 1 aromatic rings. The molecule has 0 aliphatic heterocycles. The number of nitrogens with zero attached hydrogens (tertiary/aromatic N) is 1. The van der Waals surface area contributed by atoms with Crippen molar-refractivity contribution < 1.29 is 4.92 Å². The summed E-state index contributed by atoms with van der Waals surface area (Å²) in [7, 11) is 0. The molecule has 0 amide bonds. The van der Waals surface area contributed by atoms with Crippen molar-refractivity contribution in [3.05, 3.63) is 38.4 Å². The number of hydrogen-bond donors (Lipinski definition) is 1. The highest BCUT2D eigenvalue weighted by atomic mass is 35.5. The monoisotopic (exact) mass is 298 g/mol. The lowest BCUT2D eigenvalue weighted by molar-refractivity contribution is -0.384. The third-order valence-electron chi connectivity index (χ3n) is 3.32. The molecule has 0 radical (unpaired) electrons. The van der Waals surface area contributed by atoms with Gasteiger partial charge in [0.2, 0.25) is 0 Å². The zero-order valence-corrected chi connectivity index (χ0v) is 13.3. The Bertz CT molecular complexity index is 475. The highest BCUT2D eigenvalue weighted by molar-refractivity contribution is 6.32. The van der Waals surface area contributed by atoms with Crippen molar-refractivity contribution in [3.8, 4) is 0 Å². The molecule has 0 bridgehead atoms. The van der Waals surface area contributed by atoms with Gasteiger partial charge in [-0.1, -0.05) is 32.4 Å². The van der Waals surface area contributed by atoms with E-state index in [-0.39, 0.29) is 10.7 Å². The second-order valence-corrected chi connectivity index (χ2v) is 5.98. The average Bonchev–Trinajstić information content (AvgIpc) is 2.32. The van der Waals surface area contributed by atoms with Gasteiger partial charge in [0.05, 0.1) is 4.92 Å². The van der Waals surface area contributed by atoms with Gasteiger partial charge in [-0.05, 0) is 49.4 Å². The molecule has 1 N–H and O–H groups in total. The minimum Gasteiger partial charge on any atom is -0.314 e. The van der Waals surface area contributed by atoms with Gasteiger partial charge >= 0.3 is 0 Å². The number of benzene rings is 1. The first-order valence-electron chi connectivity index (χ1n) is 7.01. The predicted molar refractivity (Wildman–Crippen MR) is 83.5 cm³/mol. The Morgan fingerprint density at radius 2 is 2.05 bits per heavy atom. The molecule has 0 saturated heterocycles. The minimum absolute atomic E-state index is 0.0169. The lowest BCUT2D eigenvalue weighted by Gasteiger charge is -2.21. The highest BCUT2D eigenvalue weighted by Gasteiger charge is 2.17. The lowest BCUT2D eigenvalue weighted by Crippen LogP contribution is -2.32. The molecule has 0 saturated carbocycles. The molecule has 5 heteroatoms. The van der Waals surface area contributed by atoms with Crippen molar-refractivity contribution in [1.82, 2.24) is 5.32 Å². The highest BCUT2D eigenvalue weighted by Crippen LogP contribution is 2.28. The molecule has 1 atom stereocenters. The van der Waals surface area contributed by atoms with Crippen LogP contribution >= 0.6 is 11.6 Å². The van der Waals surface area contributed by atoms with Gasteiger partial charge in [0, 0.05) is 12.1 Å². The molecule has 4 nitrogen and oxygen atoms in total. The van der Waals surface area contributed by atoms with E-state index in [1.165, 1.54) is 0 Å². The number of rotatable bonds is 7. The van der Waals surface area contributed by atoms with Gasteiger partial charge in [0.25, 0.3) is 5.69 Å². The van der Waals surface area contributed by atoms with Gasteiger partial charge in [-0.3, -0.25) is 10.1 Å². The van der Waals surface area contributed by atoms with Gasteiger partial charge in [0.1, 0.15) is 5.02 Å². The fourth-order valence-electron chi connectivity index (χ4n) is 2.43. The standard InChI is InChI=1S/C15H23ClN2O2/c1-5-17-13(6-10(2)3)8-12-9-14(16)15(18(19)20)7-11(12)4/h7,9-10,13,17H,5-6,8H2,1-4H3. The number of nitro benzene ring substituents is 1. The molecule has 1 unspecified atom stereocenters. The van der Waals surface area contributed by atoms with Gasteiger partial charge in [-0.25, -0.2) is 0 Å². The minimum atomic E-state index is -0.436. The van der Waals surface area contributed by atoms with Crippen molar-refractivity contribution in [2.24, 2.45) is 5.92 Å². The van der Waals surface area contributed by atoms with E-state index in [0.29, 0.717) is 12.0 Å². The second-order valence-electron chi connectivity index (χ2n) is 5.58. The quantitative estimate of drug-likeness (QED) is 0.608. The predicted octanol–water partition coefficient (Wildman–Crippen LogP) is 4.12. The summed E-state index contributed by atoms with van der Waals surface area (Å²) in [6, 6.07) is 3.67. The van der Waals surface area contributed by atoms with Crippen molar-refractivity contribution in [2.45, 2.75) is 46.6 Å². The molecular formula is C15H23ClN2O2. The normalized spacial score (nSPS) is 12.7. The molecule has 112 valence electrons. The van der Waals surface area contributed by atoms with Crippen LogP contribution in [-0.4, -0.2) is 17.5 Å². The third kappa shape index (κ3) is 4.76. The van der Waals surface area contributed by atoms with Crippen LogP contribution in [0.15, 0.2) is 12.1 Å². The molecule has 0 heterocycles. The Balaban J connectivity index is 2.95. The lowest BCUT2D eigenvalue weighted by atomic mass is 9.94. The van der Waals surface area contributed by atoms with Crippen LogP contribution in [0.2, 0.25) is 5.02 Å².